The van der Waals surface area contributed by atoms with Gasteiger partial charge in [0.15, 0.2) is 5.96 Å². The smallest absolute Gasteiger partial charge is 0.407 e. The van der Waals surface area contributed by atoms with Gasteiger partial charge in [-0.15, -0.1) is 0 Å². The number of nitrogens with one attached hydrogen (secondary N) is 3. The molecule has 0 bridgehead atoms. The first-order valence-electron chi connectivity index (χ1n) is 9.44. The highest BCUT2D eigenvalue weighted by Gasteiger charge is 2.15. The topological polar surface area (TPSA) is 102 Å². The van der Waals surface area contributed by atoms with E-state index < -0.39 is 11.7 Å². The van der Waals surface area contributed by atoms with Crippen molar-refractivity contribution in [2.45, 2.75) is 32.8 Å². The van der Waals surface area contributed by atoms with E-state index in [0.29, 0.717) is 49.3 Å². The first kappa shape index (κ1) is 24.2. The minimum Gasteiger partial charge on any atom is -0.496 e. The number of nitrogens with zero attached hydrogens (tertiary/aromatic N) is 1. The highest BCUT2D eigenvalue weighted by Crippen LogP contribution is 2.34. The fourth-order valence-electron chi connectivity index (χ4n) is 2.51. The molecule has 0 spiro atoms. The van der Waals surface area contributed by atoms with Crippen LogP contribution in [0.25, 0.3) is 0 Å². The molecule has 0 saturated carbocycles. The van der Waals surface area contributed by atoms with Crippen molar-refractivity contribution in [3.05, 3.63) is 17.7 Å². The predicted octanol–water partition coefficient (Wildman–Crippen LogP) is 1.94. The molecule has 1 aromatic carbocycles. The lowest BCUT2D eigenvalue weighted by Crippen LogP contribution is -2.43. The second kappa shape index (κ2) is 11.9. The molecule has 9 heteroatoms. The third kappa shape index (κ3) is 8.80. The maximum absolute atomic E-state index is 11.6. The zero-order valence-electron chi connectivity index (χ0n) is 18.5. The van der Waals surface area contributed by atoms with Crippen molar-refractivity contribution in [1.82, 2.24) is 16.0 Å². The molecule has 0 saturated heterocycles. The van der Waals surface area contributed by atoms with Crippen molar-refractivity contribution in [3.8, 4) is 17.2 Å². The summed E-state index contributed by atoms with van der Waals surface area (Å²) in [5.74, 6) is 2.70. The molecule has 1 amide bonds. The van der Waals surface area contributed by atoms with Crippen LogP contribution in [0, 0.1) is 0 Å². The lowest BCUT2D eigenvalue weighted by Gasteiger charge is -2.20. The highest BCUT2D eigenvalue weighted by atomic mass is 16.6. The molecule has 3 N–H and O–H groups in total. The fourth-order valence-corrected chi connectivity index (χ4v) is 2.51. The molecule has 164 valence electrons. The largest absolute Gasteiger partial charge is 0.496 e. The summed E-state index contributed by atoms with van der Waals surface area (Å²) in [6, 6.07) is 3.65. The molecule has 0 aromatic heterocycles. The van der Waals surface area contributed by atoms with Crippen molar-refractivity contribution in [1.29, 1.82) is 0 Å². The zero-order chi connectivity index (χ0) is 21.9. The molecule has 0 unspecified atom stereocenters. The van der Waals surface area contributed by atoms with Crippen LogP contribution in [0.3, 0.4) is 0 Å². The van der Waals surface area contributed by atoms with Gasteiger partial charge in [0.1, 0.15) is 22.8 Å². The van der Waals surface area contributed by atoms with Crippen LogP contribution in [-0.2, 0) is 11.2 Å². The van der Waals surface area contributed by atoms with Gasteiger partial charge < -0.3 is 34.9 Å². The number of amides is 1. The van der Waals surface area contributed by atoms with Crippen LogP contribution in [0.1, 0.15) is 26.3 Å². The summed E-state index contributed by atoms with van der Waals surface area (Å²) in [5, 5.41) is 9.05. The maximum atomic E-state index is 11.6. The number of carbonyl (C=O) groups is 1. The summed E-state index contributed by atoms with van der Waals surface area (Å²) >= 11 is 0. The quantitative estimate of drug-likeness (QED) is 0.325. The summed E-state index contributed by atoms with van der Waals surface area (Å²) < 4.78 is 21.4. The van der Waals surface area contributed by atoms with Gasteiger partial charge in [0.25, 0.3) is 0 Å². The Bertz CT molecular complexity index is 661. The van der Waals surface area contributed by atoms with Crippen LogP contribution in [0.5, 0.6) is 17.2 Å². The van der Waals surface area contributed by atoms with E-state index in [1.807, 2.05) is 32.9 Å². The van der Waals surface area contributed by atoms with Crippen LogP contribution < -0.4 is 30.2 Å². The van der Waals surface area contributed by atoms with Gasteiger partial charge in [-0.05, 0) is 27.2 Å². The molecule has 1 rings (SSSR count). The Kier molecular flexibility index (Phi) is 9.91. The van der Waals surface area contributed by atoms with E-state index in [4.69, 9.17) is 18.9 Å². The number of guanidine groups is 1. The second-order valence-corrected chi connectivity index (χ2v) is 7.11. The Labute approximate surface area is 173 Å². The van der Waals surface area contributed by atoms with Crippen LogP contribution in [0.15, 0.2) is 17.1 Å². The average molecular weight is 411 g/mol. The standard InChI is InChI=1S/C20H34N4O5/c1-20(2,3)29-19(25)24-11-10-23-18(21-4)22-9-8-15-16(27-6)12-14(26-5)13-17(15)28-7/h12-13H,8-11H2,1-7H3,(H,24,25)(H2,21,22,23). The van der Waals surface area contributed by atoms with Gasteiger partial charge in [0.2, 0.25) is 0 Å². The Hall–Kier alpha value is -2.84. The van der Waals surface area contributed by atoms with E-state index in [9.17, 15) is 4.79 Å². The van der Waals surface area contributed by atoms with Crippen molar-refractivity contribution in [3.63, 3.8) is 0 Å². The number of alkyl carbamates (subject to hydrolysis) is 1. The van der Waals surface area contributed by atoms with Gasteiger partial charge in [0, 0.05) is 44.4 Å². The van der Waals surface area contributed by atoms with E-state index in [1.54, 1.807) is 28.4 Å². The molecule has 0 radical (unpaired) electrons. The minimum atomic E-state index is -0.515. The highest BCUT2D eigenvalue weighted by molar-refractivity contribution is 5.79. The van der Waals surface area contributed by atoms with E-state index in [1.165, 1.54) is 0 Å². The Morgan fingerprint density at radius 3 is 1.97 bits per heavy atom. The van der Waals surface area contributed by atoms with Gasteiger partial charge in [-0.3, -0.25) is 4.99 Å². The monoisotopic (exact) mass is 410 g/mol. The third-order valence-electron chi connectivity index (χ3n) is 3.79. The fraction of sp³-hybridized carbons (Fsp3) is 0.600. The molecular weight excluding hydrogens is 376 g/mol. The number of rotatable bonds is 9. The van der Waals surface area contributed by atoms with Gasteiger partial charge >= 0.3 is 6.09 Å². The molecule has 0 aliphatic heterocycles. The number of ether oxygens (including phenoxy) is 4. The van der Waals surface area contributed by atoms with E-state index in [0.717, 1.165) is 5.56 Å². The number of hydrogen-bond acceptors (Lipinski definition) is 6. The number of aliphatic imine (C=N–C) groups is 1. The minimum absolute atomic E-state index is 0.412. The molecule has 1 aromatic rings. The third-order valence-corrected chi connectivity index (χ3v) is 3.79. The number of benzene rings is 1. The van der Waals surface area contributed by atoms with Gasteiger partial charge in [-0.25, -0.2) is 4.79 Å². The maximum Gasteiger partial charge on any atom is 0.407 e. The van der Waals surface area contributed by atoms with Crippen LogP contribution in [-0.4, -0.2) is 65.7 Å². The number of hydrogen-bond donors (Lipinski definition) is 3. The normalized spacial score (nSPS) is 11.5. The van der Waals surface area contributed by atoms with Crippen LogP contribution in [0.4, 0.5) is 4.79 Å². The summed E-state index contributed by atoms with van der Waals surface area (Å²) in [5.41, 5.74) is 0.420. The average Bonchev–Trinajstić information content (AvgIpc) is 2.67. The van der Waals surface area contributed by atoms with Crippen molar-refractivity contribution in [2.24, 2.45) is 4.99 Å². The molecule has 0 aliphatic rings. The van der Waals surface area contributed by atoms with E-state index in [-0.39, 0.29) is 0 Å². The Morgan fingerprint density at radius 2 is 1.48 bits per heavy atom. The first-order valence-corrected chi connectivity index (χ1v) is 9.44. The summed E-state index contributed by atoms with van der Waals surface area (Å²) in [6.45, 7) is 7.00. The molecule has 0 aliphatic carbocycles. The predicted molar refractivity (Wildman–Crippen MR) is 113 cm³/mol. The zero-order valence-corrected chi connectivity index (χ0v) is 18.5. The van der Waals surface area contributed by atoms with Crippen LogP contribution in [0.2, 0.25) is 0 Å². The molecule has 0 atom stereocenters. The summed E-state index contributed by atoms with van der Waals surface area (Å²) in [7, 11) is 6.51. The second-order valence-electron chi connectivity index (χ2n) is 7.11. The van der Waals surface area contributed by atoms with E-state index >= 15 is 0 Å². The molecular formula is C20H34N4O5. The Balaban J connectivity index is 2.49. The van der Waals surface area contributed by atoms with Gasteiger partial charge in [0.05, 0.1) is 21.3 Å². The summed E-state index contributed by atoms with van der Waals surface area (Å²) in [4.78, 5) is 15.8. The Morgan fingerprint density at radius 1 is 0.931 bits per heavy atom. The molecule has 29 heavy (non-hydrogen) atoms. The van der Waals surface area contributed by atoms with Crippen molar-refractivity contribution in [2.75, 3.05) is 48.0 Å². The SMILES string of the molecule is CN=C(NCCNC(=O)OC(C)(C)C)NCCc1c(OC)cc(OC)cc1OC. The van der Waals surface area contributed by atoms with Crippen LogP contribution >= 0.6 is 0 Å². The van der Waals surface area contributed by atoms with Gasteiger partial charge in [-0.1, -0.05) is 0 Å². The summed E-state index contributed by atoms with van der Waals surface area (Å²) in [6.07, 6.45) is 0.216. The van der Waals surface area contributed by atoms with Gasteiger partial charge in [-0.2, -0.15) is 0 Å². The number of methoxy groups -OCH3 is 3. The van der Waals surface area contributed by atoms with Crippen molar-refractivity contribution >= 4 is 12.1 Å². The molecule has 0 heterocycles. The molecule has 0 fully saturated rings. The lowest BCUT2D eigenvalue weighted by molar-refractivity contribution is 0.0529. The van der Waals surface area contributed by atoms with Crippen molar-refractivity contribution < 1.29 is 23.7 Å². The lowest BCUT2D eigenvalue weighted by atomic mass is 10.1. The number of carbonyl (C=O) groups excluding carboxylic acids is 1. The first-order chi connectivity index (χ1) is 13.7. The van der Waals surface area contributed by atoms with E-state index in [2.05, 4.69) is 20.9 Å². The molecule has 9 nitrogen and oxygen atoms in total.